The summed E-state index contributed by atoms with van der Waals surface area (Å²) in [6.07, 6.45) is 3.13. The topological polar surface area (TPSA) is 76.1 Å². The average Bonchev–Trinajstić information content (AvgIpc) is 3.36. The van der Waals surface area contributed by atoms with Crippen LogP contribution in [0.25, 0.3) is 11.0 Å². The molecule has 8 heteroatoms. The summed E-state index contributed by atoms with van der Waals surface area (Å²) in [6.45, 7) is 9.93. The Morgan fingerprint density at radius 2 is 2.18 bits per heavy atom. The molecule has 0 aromatic carbocycles. The summed E-state index contributed by atoms with van der Waals surface area (Å²) in [7, 11) is 4.09. The molecule has 3 aromatic heterocycles. The van der Waals surface area contributed by atoms with E-state index < -0.39 is 0 Å². The van der Waals surface area contributed by atoms with Gasteiger partial charge in [0.1, 0.15) is 0 Å². The highest BCUT2D eigenvalue weighted by Crippen LogP contribution is 2.21. The Hall–Kier alpha value is -2.32. The van der Waals surface area contributed by atoms with Crippen molar-refractivity contribution in [2.45, 2.75) is 52.2 Å². The number of aryl methyl sites for hydroxylation is 2. The van der Waals surface area contributed by atoms with E-state index in [0.717, 1.165) is 55.2 Å². The van der Waals surface area contributed by atoms with Gasteiger partial charge in [-0.1, -0.05) is 19.0 Å². The molecule has 0 aliphatic carbocycles. The number of likely N-dealkylation sites (tertiary alicyclic amines) is 1. The first-order chi connectivity index (χ1) is 13.4. The van der Waals surface area contributed by atoms with E-state index in [9.17, 15) is 0 Å². The van der Waals surface area contributed by atoms with E-state index in [0.29, 0.717) is 11.9 Å². The van der Waals surface area contributed by atoms with Gasteiger partial charge in [0, 0.05) is 50.2 Å². The second kappa shape index (κ2) is 7.60. The third kappa shape index (κ3) is 3.79. The van der Waals surface area contributed by atoms with E-state index in [2.05, 4.69) is 57.0 Å². The van der Waals surface area contributed by atoms with Crippen molar-refractivity contribution >= 4 is 11.0 Å². The van der Waals surface area contributed by atoms with E-state index in [-0.39, 0.29) is 5.92 Å². The molecule has 0 saturated carbocycles. The summed E-state index contributed by atoms with van der Waals surface area (Å²) in [5, 5.41) is 9.73. The molecule has 150 valence electrons. The van der Waals surface area contributed by atoms with Gasteiger partial charge in [0.2, 0.25) is 5.89 Å². The lowest BCUT2D eigenvalue weighted by Crippen LogP contribution is -2.34. The van der Waals surface area contributed by atoms with E-state index in [1.807, 2.05) is 24.9 Å². The number of aromatic nitrogens is 5. The Balaban J connectivity index is 1.36. The van der Waals surface area contributed by atoms with Crippen LogP contribution in [-0.2, 0) is 20.1 Å². The summed E-state index contributed by atoms with van der Waals surface area (Å²) in [5.41, 5.74) is 3.22. The number of nitrogens with zero attached hydrogens (tertiary/aromatic N) is 7. The van der Waals surface area contributed by atoms with Gasteiger partial charge in [-0.25, -0.2) is 4.98 Å². The van der Waals surface area contributed by atoms with Crippen molar-refractivity contribution < 1.29 is 4.52 Å². The first kappa shape index (κ1) is 19.0. The minimum atomic E-state index is 0.267. The smallest absolute Gasteiger partial charge is 0.229 e. The largest absolute Gasteiger partial charge is 0.339 e. The second-order valence-electron chi connectivity index (χ2n) is 8.22. The molecule has 0 N–H and O–H groups in total. The highest BCUT2D eigenvalue weighted by Gasteiger charge is 2.27. The number of likely N-dealkylation sites (N-methyl/N-ethyl adjacent to an activating group) is 1. The molecule has 1 fully saturated rings. The van der Waals surface area contributed by atoms with Crippen molar-refractivity contribution in [3.05, 3.63) is 35.2 Å². The number of pyridine rings is 1. The summed E-state index contributed by atoms with van der Waals surface area (Å²) >= 11 is 0. The maximum Gasteiger partial charge on any atom is 0.229 e. The molecule has 28 heavy (non-hydrogen) atoms. The summed E-state index contributed by atoms with van der Waals surface area (Å²) < 4.78 is 7.17. The zero-order chi connectivity index (χ0) is 19.8. The van der Waals surface area contributed by atoms with Crippen molar-refractivity contribution in [2.75, 3.05) is 20.1 Å². The normalized spacial score (nSPS) is 18.2. The number of fused-ring (bicyclic) bond motifs is 1. The lowest BCUT2D eigenvalue weighted by Gasteiger charge is -2.23. The molecule has 3 aromatic rings. The van der Waals surface area contributed by atoms with Crippen LogP contribution in [0.4, 0.5) is 0 Å². The average molecular weight is 384 g/mol. The fraction of sp³-hybridized carbons (Fsp3) is 0.600. The molecule has 1 aliphatic heterocycles. The molecule has 0 amide bonds. The second-order valence-corrected chi connectivity index (χ2v) is 8.22. The maximum absolute atomic E-state index is 5.32. The summed E-state index contributed by atoms with van der Waals surface area (Å²) in [6, 6.07) is 2.73. The van der Waals surface area contributed by atoms with E-state index in [1.54, 1.807) is 0 Å². The van der Waals surface area contributed by atoms with Crippen LogP contribution >= 0.6 is 0 Å². The minimum absolute atomic E-state index is 0.267. The number of hydrogen-bond acceptors (Lipinski definition) is 7. The van der Waals surface area contributed by atoms with Crippen LogP contribution in [0.2, 0.25) is 0 Å². The predicted molar refractivity (Wildman–Crippen MR) is 107 cm³/mol. The zero-order valence-electron chi connectivity index (χ0n) is 17.4. The van der Waals surface area contributed by atoms with Gasteiger partial charge < -0.3 is 4.52 Å². The van der Waals surface area contributed by atoms with E-state index in [4.69, 9.17) is 4.52 Å². The van der Waals surface area contributed by atoms with Gasteiger partial charge >= 0.3 is 0 Å². The van der Waals surface area contributed by atoms with Gasteiger partial charge in [-0.05, 0) is 32.0 Å². The lowest BCUT2D eigenvalue weighted by atomic mass is 10.2. The zero-order valence-corrected chi connectivity index (χ0v) is 17.4. The third-order valence-electron chi connectivity index (χ3n) is 5.57. The molecule has 1 unspecified atom stereocenters. The van der Waals surface area contributed by atoms with E-state index >= 15 is 0 Å². The minimum Gasteiger partial charge on any atom is -0.339 e. The molecule has 0 bridgehead atoms. The van der Waals surface area contributed by atoms with Crippen LogP contribution < -0.4 is 0 Å². The molecule has 4 heterocycles. The fourth-order valence-corrected chi connectivity index (χ4v) is 3.93. The van der Waals surface area contributed by atoms with Gasteiger partial charge in [-0.2, -0.15) is 10.1 Å². The van der Waals surface area contributed by atoms with Crippen molar-refractivity contribution in [1.82, 2.24) is 34.7 Å². The SMILES string of the molecule is Cc1nn(C)c2ncc(CN3CCC(N(C)Cc4noc(C(C)C)n4)C3)cc12. The highest BCUT2D eigenvalue weighted by molar-refractivity contribution is 5.78. The van der Waals surface area contributed by atoms with E-state index in [1.165, 1.54) is 5.56 Å². The van der Waals surface area contributed by atoms with Crippen LogP contribution in [0.1, 0.15) is 49.2 Å². The van der Waals surface area contributed by atoms with Crippen LogP contribution in [0.15, 0.2) is 16.8 Å². The third-order valence-corrected chi connectivity index (χ3v) is 5.57. The van der Waals surface area contributed by atoms with Crippen molar-refractivity contribution in [2.24, 2.45) is 7.05 Å². The lowest BCUT2D eigenvalue weighted by molar-refractivity contribution is 0.215. The molecule has 8 nitrogen and oxygen atoms in total. The maximum atomic E-state index is 5.32. The van der Waals surface area contributed by atoms with Crippen LogP contribution in [0.3, 0.4) is 0 Å². The Bertz CT molecular complexity index is 961. The Kier molecular flexibility index (Phi) is 5.16. The Morgan fingerprint density at radius 3 is 2.93 bits per heavy atom. The van der Waals surface area contributed by atoms with Crippen molar-refractivity contribution in [3.63, 3.8) is 0 Å². The van der Waals surface area contributed by atoms with Gasteiger partial charge in [-0.3, -0.25) is 14.5 Å². The first-order valence-corrected chi connectivity index (χ1v) is 9.94. The molecule has 0 radical (unpaired) electrons. The molecule has 1 atom stereocenters. The quantitative estimate of drug-likeness (QED) is 0.647. The summed E-state index contributed by atoms with van der Waals surface area (Å²) in [4.78, 5) is 13.9. The van der Waals surface area contributed by atoms with Crippen LogP contribution in [-0.4, -0.2) is 60.9 Å². The standard InChI is InChI=1S/C20H29N7O/c1-13(2)20-22-18(24-28-20)12-25(4)16-6-7-27(11-16)10-15-8-17-14(3)23-26(5)19(17)21-9-15/h8-9,13,16H,6-7,10-12H2,1-5H3. The molecule has 1 aliphatic rings. The first-order valence-electron chi connectivity index (χ1n) is 9.94. The summed E-state index contributed by atoms with van der Waals surface area (Å²) in [5.74, 6) is 1.75. The van der Waals surface area contributed by atoms with Crippen molar-refractivity contribution in [1.29, 1.82) is 0 Å². The molecule has 0 spiro atoms. The molecule has 1 saturated heterocycles. The predicted octanol–water partition coefficient (Wildman–Crippen LogP) is 2.49. The fourth-order valence-electron chi connectivity index (χ4n) is 3.93. The molecular formula is C20H29N7O. The molecular weight excluding hydrogens is 354 g/mol. The number of hydrogen-bond donors (Lipinski definition) is 0. The highest BCUT2D eigenvalue weighted by atomic mass is 16.5. The van der Waals surface area contributed by atoms with Crippen LogP contribution in [0, 0.1) is 6.92 Å². The van der Waals surface area contributed by atoms with Crippen LogP contribution in [0.5, 0.6) is 0 Å². The monoisotopic (exact) mass is 383 g/mol. The Labute approximate surface area is 165 Å². The van der Waals surface area contributed by atoms with Gasteiger partial charge in [0.25, 0.3) is 0 Å². The van der Waals surface area contributed by atoms with Gasteiger partial charge in [0.15, 0.2) is 11.5 Å². The molecule has 4 rings (SSSR count). The van der Waals surface area contributed by atoms with Crippen molar-refractivity contribution in [3.8, 4) is 0 Å². The van der Waals surface area contributed by atoms with Gasteiger partial charge in [0.05, 0.1) is 12.2 Å². The Morgan fingerprint density at radius 1 is 1.36 bits per heavy atom. The number of rotatable bonds is 6. The van der Waals surface area contributed by atoms with Gasteiger partial charge in [-0.15, -0.1) is 0 Å².